The Morgan fingerprint density at radius 2 is 1.92 bits per heavy atom. The van der Waals surface area contributed by atoms with Crippen molar-refractivity contribution in [2.45, 2.75) is 32.4 Å². The number of H-pyrrole nitrogens is 2. The molecule has 4 aromatic rings. The van der Waals surface area contributed by atoms with Crippen molar-refractivity contribution in [3.63, 3.8) is 0 Å². The lowest BCUT2D eigenvalue weighted by Gasteiger charge is -2.51. The van der Waals surface area contributed by atoms with E-state index in [1.807, 2.05) is 48.5 Å². The smallest absolute Gasteiger partial charge is 0.281 e. The molecule has 3 unspecified atom stereocenters. The van der Waals surface area contributed by atoms with Crippen molar-refractivity contribution in [2.75, 3.05) is 25.5 Å². The number of piperazine rings is 1. The molecule has 1 aliphatic heterocycles. The van der Waals surface area contributed by atoms with Crippen LogP contribution >= 0.6 is 0 Å². The third kappa shape index (κ3) is 4.24. The molecule has 5 rings (SSSR count). The SMILES string of the molecule is C=CCC1CN(C)CC(C)[N+]1(c1cccc(C(C)=O)n1)c1nc(Nc2ccccc2)nc2[nH][nH]c(=O)c12. The minimum Gasteiger partial charge on any atom is -0.324 e. The molecule has 1 fully saturated rings. The van der Waals surface area contributed by atoms with Crippen molar-refractivity contribution in [3.8, 4) is 0 Å². The van der Waals surface area contributed by atoms with E-state index in [0.29, 0.717) is 40.7 Å². The summed E-state index contributed by atoms with van der Waals surface area (Å²) < 4.78 is 0.181. The van der Waals surface area contributed by atoms with E-state index in [2.05, 4.69) is 45.9 Å². The Kier molecular flexibility index (Phi) is 6.45. The van der Waals surface area contributed by atoms with E-state index in [0.717, 1.165) is 18.8 Å². The predicted molar refractivity (Wildman–Crippen MR) is 145 cm³/mol. The molecule has 1 aliphatic rings. The van der Waals surface area contributed by atoms with Gasteiger partial charge in [-0.05, 0) is 32.2 Å². The Hall–Kier alpha value is -4.15. The summed E-state index contributed by atoms with van der Waals surface area (Å²) in [6.07, 6.45) is 2.54. The molecule has 0 aliphatic carbocycles. The van der Waals surface area contributed by atoms with Gasteiger partial charge in [-0.25, -0.2) is 4.48 Å². The second-order valence-corrected chi connectivity index (χ2v) is 9.63. The topological polar surface area (TPSA) is 120 Å². The molecular formula is C27H31N8O2+. The average Bonchev–Trinajstić information content (AvgIpc) is 3.25. The van der Waals surface area contributed by atoms with Gasteiger partial charge in [-0.1, -0.05) is 30.3 Å². The second kappa shape index (κ2) is 9.72. The highest BCUT2D eigenvalue weighted by atomic mass is 16.1. The largest absolute Gasteiger partial charge is 0.324 e. The van der Waals surface area contributed by atoms with Crippen LogP contribution in [0.2, 0.25) is 0 Å². The summed E-state index contributed by atoms with van der Waals surface area (Å²) in [7, 11) is 2.08. The zero-order chi connectivity index (χ0) is 26.2. The summed E-state index contributed by atoms with van der Waals surface area (Å²) in [6, 6.07) is 15.0. The van der Waals surface area contributed by atoms with Crippen LogP contribution in [-0.2, 0) is 0 Å². The molecule has 3 aromatic heterocycles. The molecule has 37 heavy (non-hydrogen) atoms. The van der Waals surface area contributed by atoms with Crippen molar-refractivity contribution in [1.29, 1.82) is 0 Å². The van der Waals surface area contributed by atoms with Crippen LogP contribution in [0.1, 0.15) is 30.8 Å². The maximum absolute atomic E-state index is 13.2. The number of hydrogen-bond acceptors (Lipinski definition) is 7. The number of carbonyl (C=O) groups excluding carboxylic acids is 1. The third-order valence-electron chi connectivity index (χ3n) is 7.07. The maximum atomic E-state index is 13.2. The molecule has 0 bridgehead atoms. The quantitative estimate of drug-likeness (QED) is 0.200. The number of para-hydroxylation sites is 1. The fraction of sp³-hybridized carbons (Fsp3) is 0.296. The molecule has 4 heterocycles. The third-order valence-corrected chi connectivity index (χ3v) is 7.07. The predicted octanol–water partition coefficient (Wildman–Crippen LogP) is 3.91. The lowest BCUT2D eigenvalue weighted by molar-refractivity contribution is 0.0900. The van der Waals surface area contributed by atoms with Crippen LogP contribution in [0, 0.1) is 0 Å². The van der Waals surface area contributed by atoms with E-state index >= 15 is 0 Å². The number of aromatic amines is 2. The molecule has 0 radical (unpaired) electrons. The number of benzene rings is 1. The number of fused-ring (bicyclic) bond motifs is 1. The Morgan fingerprint density at radius 3 is 2.65 bits per heavy atom. The molecule has 0 amide bonds. The van der Waals surface area contributed by atoms with Crippen LogP contribution in [0.25, 0.3) is 11.0 Å². The fourth-order valence-electron chi connectivity index (χ4n) is 5.57. The number of anilines is 2. The van der Waals surface area contributed by atoms with Crippen molar-refractivity contribution < 1.29 is 4.79 Å². The minimum atomic E-state index is -0.306. The lowest BCUT2D eigenvalue weighted by atomic mass is 9.97. The highest BCUT2D eigenvalue weighted by Gasteiger charge is 2.53. The van der Waals surface area contributed by atoms with Gasteiger partial charge < -0.3 is 5.32 Å². The highest BCUT2D eigenvalue weighted by molar-refractivity contribution is 5.93. The van der Waals surface area contributed by atoms with Gasteiger partial charge in [0, 0.05) is 25.1 Å². The van der Waals surface area contributed by atoms with E-state index in [9.17, 15) is 9.59 Å². The van der Waals surface area contributed by atoms with E-state index in [1.54, 1.807) is 6.07 Å². The van der Waals surface area contributed by atoms with Crippen molar-refractivity contribution in [2.24, 2.45) is 0 Å². The number of hydrogen-bond donors (Lipinski definition) is 3. The molecule has 10 nitrogen and oxygen atoms in total. The van der Waals surface area contributed by atoms with Gasteiger partial charge in [0.15, 0.2) is 16.8 Å². The normalized spacial score (nSPS) is 22.1. The Morgan fingerprint density at radius 1 is 1.14 bits per heavy atom. The molecular weight excluding hydrogens is 468 g/mol. The summed E-state index contributed by atoms with van der Waals surface area (Å²) >= 11 is 0. The number of nitrogens with zero attached hydrogens (tertiary/aromatic N) is 5. The number of aromatic nitrogens is 5. The molecule has 1 aromatic carbocycles. The van der Waals surface area contributed by atoms with E-state index in [4.69, 9.17) is 9.97 Å². The van der Waals surface area contributed by atoms with Crippen LogP contribution in [0.3, 0.4) is 0 Å². The summed E-state index contributed by atoms with van der Waals surface area (Å²) in [5.74, 6) is 1.42. The van der Waals surface area contributed by atoms with Crippen molar-refractivity contribution >= 4 is 40.1 Å². The highest BCUT2D eigenvalue weighted by Crippen LogP contribution is 2.44. The molecule has 1 saturated heterocycles. The molecule has 3 atom stereocenters. The molecule has 190 valence electrons. The van der Waals surface area contributed by atoms with Gasteiger partial charge in [0.1, 0.15) is 17.8 Å². The lowest BCUT2D eigenvalue weighted by Crippen LogP contribution is -2.68. The number of carbonyl (C=O) groups is 1. The summed E-state index contributed by atoms with van der Waals surface area (Å²) in [5.41, 5.74) is 1.29. The number of likely N-dealkylation sites (N-methyl/N-ethyl adjacent to an activating group) is 1. The maximum Gasteiger partial charge on any atom is 0.281 e. The van der Waals surface area contributed by atoms with Crippen molar-refractivity contribution in [1.82, 2.24) is 34.5 Å². The number of Topliss-reactive ketones (excluding diaryl/α,β-unsaturated/α-hetero) is 1. The van der Waals surface area contributed by atoms with Crippen LogP contribution in [0.5, 0.6) is 0 Å². The fourth-order valence-corrected chi connectivity index (χ4v) is 5.57. The van der Waals surface area contributed by atoms with Crippen LogP contribution in [0.4, 0.5) is 23.3 Å². The summed E-state index contributed by atoms with van der Waals surface area (Å²) in [6.45, 7) is 9.11. The molecule has 0 spiro atoms. The number of nitrogens with one attached hydrogen (secondary N) is 3. The van der Waals surface area contributed by atoms with E-state index in [-0.39, 0.29) is 27.9 Å². The van der Waals surface area contributed by atoms with E-state index in [1.165, 1.54) is 6.92 Å². The van der Waals surface area contributed by atoms with Gasteiger partial charge in [0.05, 0.1) is 13.1 Å². The van der Waals surface area contributed by atoms with Crippen LogP contribution < -0.4 is 15.4 Å². The van der Waals surface area contributed by atoms with Gasteiger partial charge in [0.25, 0.3) is 11.4 Å². The Bertz CT molecular complexity index is 1510. The van der Waals surface area contributed by atoms with Gasteiger partial charge in [-0.15, -0.1) is 6.58 Å². The minimum absolute atomic E-state index is 0.0598. The monoisotopic (exact) mass is 499 g/mol. The Balaban J connectivity index is 1.84. The van der Waals surface area contributed by atoms with Gasteiger partial charge >= 0.3 is 0 Å². The molecule has 3 N–H and O–H groups in total. The van der Waals surface area contributed by atoms with Crippen LogP contribution in [-0.4, -0.2) is 68.1 Å². The average molecular weight is 500 g/mol. The molecule has 10 heteroatoms. The first kappa shape index (κ1) is 24.5. The van der Waals surface area contributed by atoms with Gasteiger partial charge in [0.2, 0.25) is 11.8 Å². The summed E-state index contributed by atoms with van der Waals surface area (Å²) in [5, 5.41) is 9.26. The zero-order valence-corrected chi connectivity index (χ0v) is 21.2. The van der Waals surface area contributed by atoms with Crippen LogP contribution in [0.15, 0.2) is 66.0 Å². The molecule has 0 saturated carbocycles. The number of ketones is 1. The first-order valence-corrected chi connectivity index (χ1v) is 12.3. The number of quaternary nitrogens is 1. The first-order chi connectivity index (χ1) is 17.8. The van der Waals surface area contributed by atoms with Gasteiger partial charge in [-0.2, -0.15) is 15.0 Å². The van der Waals surface area contributed by atoms with E-state index < -0.39 is 0 Å². The number of rotatable bonds is 7. The number of pyridine rings is 1. The second-order valence-electron chi connectivity index (χ2n) is 9.63. The zero-order valence-electron chi connectivity index (χ0n) is 21.2. The standard InChI is InChI=1S/C27H30N8O2/c1-5-10-20-16-34(4)15-17(2)35(20,22-14-9-13-21(29-22)18(3)36)25-23-24(32-33-26(23)37)30-27(31-25)28-19-11-7-6-8-12-19/h5-9,11-14,17,20H,1,10,15-16H2,2-4H3,(H2-,28,29,30,31,32,33,36,37)/p+1. The van der Waals surface area contributed by atoms with Gasteiger partial charge in [-0.3, -0.25) is 24.7 Å². The first-order valence-electron chi connectivity index (χ1n) is 12.3. The summed E-state index contributed by atoms with van der Waals surface area (Å²) in [4.78, 5) is 42.3. The van der Waals surface area contributed by atoms with Crippen molar-refractivity contribution in [3.05, 3.63) is 77.2 Å². The Labute approximate surface area is 214 Å².